The van der Waals surface area contributed by atoms with E-state index in [9.17, 15) is 4.79 Å². The lowest BCUT2D eigenvalue weighted by Crippen LogP contribution is -2.44. The first-order valence-electron chi connectivity index (χ1n) is 6.05. The molecule has 1 heterocycles. The highest BCUT2D eigenvalue weighted by Crippen LogP contribution is 2.38. The van der Waals surface area contributed by atoms with Gasteiger partial charge in [0.15, 0.2) is 0 Å². The van der Waals surface area contributed by atoms with Crippen molar-refractivity contribution in [2.75, 3.05) is 5.75 Å². The van der Waals surface area contributed by atoms with Crippen molar-refractivity contribution in [3.8, 4) is 0 Å². The number of hydrogen-bond acceptors (Lipinski definition) is 2. The summed E-state index contributed by atoms with van der Waals surface area (Å²) in [6.07, 6.45) is 5.86. The summed E-state index contributed by atoms with van der Waals surface area (Å²) in [6.45, 7) is 4.37. The van der Waals surface area contributed by atoms with E-state index in [0.717, 1.165) is 18.1 Å². The Morgan fingerprint density at radius 1 is 1.47 bits per heavy atom. The lowest BCUT2D eigenvalue weighted by molar-refractivity contribution is -0.123. The predicted octanol–water partition coefficient (Wildman–Crippen LogP) is 2.58. The van der Waals surface area contributed by atoms with E-state index in [1.807, 2.05) is 11.8 Å². The first-order chi connectivity index (χ1) is 7.10. The van der Waals surface area contributed by atoms with Crippen LogP contribution in [-0.2, 0) is 4.79 Å². The molecule has 0 aromatic carbocycles. The Morgan fingerprint density at radius 2 is 2.27 bits per heavy atom. The highest BCUT2D eigenvalue weighted by atomic mass is 32.2. The quantitative estimate of drug-likeness (QED) is 0.785. The largest absolute Gasteiger partial charge is 0.352 e. The molecule has 0 radical (unpaired) electrons. The molecule has 3 heteroatoms. The van der Waals surface area contributed by atoms with Gasteiger partial charge in [-0.25, -0.2) is 0 Å². The molecule has 1 aliphatic heterocycles. The molecule has 2 nitrogen and oxygen atoms in total. The first kappa shape index (κ1) is 11.3. The van der Waals surface area contributed by atoms with Gasteiger partial charge < -0.3 is 5.32 Å². The van der Waals surface area contributed by atoms with Crippen LogP contribution in [0.1, 0.15) is 46.0 Å². The second-order valence-electron chi connectivity index (χ2n) is 5.27. The normalized spacial score (nSPS) is 40.7. The van der Waals surface area contributed by atoms with Gasteiger partial charge >= 0.3 is 0 Å². The maximum atomic E-state index is 12.1. The van der Waals surface area contributed by atoms with E-state index >= 15 is 0 Å². The zero-order valence-corrected chi connectivity index (χ0v) is 10.5. The Kier molecular flexibility index (Phi) is 3.29. The number of carbonyl (C=O) groups excluding carboxylic acids is 1. The van der Waals surface area contributed by atoms with Crippen molar-refractivity contribution in [1.82, 2.24) is 5.32 Å². The number of rotatable bonds is 2. The molecule has 86 valence electrons. The molecule has 1 aliphatic carbocycles. The standard InChI is InChI=1S/C12H21NOS/c1-9-4-5-10(8-9)13-11(14)12(2)6-3-7-15-12/h9-10H,3-8H2,1-2H3,(H,13,14). The highest BCUT2D eigenvalue weighted by molar-refractivity contribution is 8.01. The fraction of sp³-hybridized carbons (Fsp3) is 0.917. The van der Waals surface area contributed by atoms with Gasteiger partial charge in [-0.3, -0.25) is 4.79 Å². The topological polar surface area (TPSA) is 29.1 Å². The van der Waals surface area contributed by atoms with Gasteiger partial charge in [-0.05, 0) is 50.7 Å². The summed E-state index contributed by atoms with van der Waals surface area (Å²) >= 11 is 1.82. The number of amides is 1. The van der Waals surface area contributed by atoms with Crippen molar-refractivity contribution in [3.63, 3.8) is 0 Å². The molecule has 1 saturated carbocycles. The number of carbonyl (C=O) groups is 1. The van der Waals surface area contributed by atoms with Gasteiger partial charge in [0.1, 0.15) is 0 Å². The number of nitrogens with one attached hydrogen (secondary N) is 1. The average Bonchev–Trinajstić information content (AvgIpc) is 2.76. The third kappa shape index (κ3) is 2.49. The molecule has 0 aromatic rings. The summed E-state index contributed by atoms with van der Waals surface area (Å²) in [6, 6.07) is 0.450. The van der Waals surface area contributed by atoms with Crippen LogP contribution in [0.15, 0.2) is 0 Å². The molecule has 2 aliphatic rings. The molecule has 0 bridgehead atoms. The van der Waals surface area contributed by atoms with E-state index in [-0.39, 0.29) is 10.7 Å². The van der Waals surface area contributed by atoms with Gasteiger partial charge in [0.25, 0.3) is 0 Å². The van der Waals surface area contributed by atoms with Gasteiger partial charge in [0.2, 0.25) is 5.91 Å². The lowest BCUT2D eigenvalue weighted by atomic mass is 10.0. The average molecular weight is 227 g/mol. The number of thioether (sulfide) groups is 1. The van der Waals surface area contributed by atoms with Crippen molar-refractivity contribution in [1.29, 1.82) is 0 Å². The van der Waals surface area contributed by atoms with Crippen LogP contribution in [-0.4, -0.2) is 22.4 Å². The van der Waals surface area contributed by atoms with E-state index in [1.54, 1.807) is 0 Å². The molecule has 3 unspecified atom stereocenters. The summed E-state index contributed by atoms with van der Waals surface area (Å²) in [5.41, 5.74) is 0. The van der Waals surface area contributed by atoms with E-state index in [1.165, 1.54) is 25.7 Å². The van der Waals surface area contributed by atoms with E-state index in [0.29, 0.717) is 6.04 Å². The van der Waals surface area contributed by atoms with Crippen LogP contribution in [0.2, 0.25) is 0 Å². The second kappa shape index (κ2) is 4.36. The Morgan fingerprint density at radius 3 is 2.80 bits per heavy atom. The van der Waals surface area contributed by atoms with Crippen LogP contribution in [0.5, 0.6) is 0 Å². The number of hydrogen-bond donors (Lipinski definition) is 1. The minimum atomic E-state index is -0.133. The Balaban J connectivity index is 1.86. The van der Waals surface area contributed by atoms with Crippen molar-refractivity contribution in [3.05, 3.63) is 0 Å². The minimum Gasteiger partial charge on any atom is -0.352 e. The zero-order chi connectivity index (χ0) is 10.9. The van der Waals surface area contributed by atoms with Gasteiger partial charge in [-0.2, -0.15) is 0 Å². The molecular weight excluding hydrogens is 206 g/mol. The van der Waals surface area contributed by atoms with Crippen molar-refractivity contribution in [2.24, 2.45) is 5.92 Å². The van der Waals surface area contributed by atoms with E-state index in [4.69, 9.17) is 0 Å². The fourth-order valence-electron chi connectivity index (χ4n) is 2.63. The van der Waals surface area contributed by atoms with Crippen molar-refractivity contribution in [2.45, 2.75) is 56.7 Å². The fourth-order valence-corrected chi connectivity index (χ4v) is 3.85. The molecular formula is C12H21NOS. The summed E-state index contributed by atoms with van der Waals surface area (Å²) in [4.78, 5) is 12.1. The van der Waals surface area contributed by atoms with Gasteiger partial charge in [-0.15, -0.1) is 11.8 Å². The summed E-state index contributed by atoms with van der Waals surface area (Å²) in [7, 11) is 0. The van der Waals surface area contributed by atoms with Crippen LogP contribution in [0.25, 0.3) is 0 Å². The Hall–Kier alpha value is -0.180. The van der Waals surface area contributed by atoms with Crippen LogP contribution >= 0.6 is 11.8 Å². The molecule has 3 atom stereocenters. The summed E-state index contributed by atoms with van der Waals surface area (Å²) in [5.74, 6) is 2.22. The highest BCUT2D eigenvalue weighted by Gasteiger charge is 2.38. The molecule has 2 rings (SSSR count). The lowest BCUT2D eigenvalue weighted by Gasteiger charge is -2.24. The third-order valence-corrected chi connectivity index (χ3v) is 5.25. The summed E-state index contributed by atoms with van der Waals surface area (Å²) < 4.78 is -0.133. The maximum absolute atomic E-state index is 12.1. The van der Waals surface area contributed by atoms with Crippen LogP contribution in [0.3, 0.4) is 0 Å². The van der Waals surface area contributed by atoms with Crippen molar-refractivity contribution < 1.29 is 4.79 Å². The monoisotopic (exact) mass is 227 g/mol. The van der Waals surface area contributed by atoms with E-state index in [2.05, 4.69) is 19.2 Å². The molecule has 15 heavy (non-hydrogen) atoms. The minimum absolute atomic E-state index is 0.133. The summed E-state index contributed by atoms with van der Waals surface area (Å²) in [5, 5.41) is 3.23. The Labute approximate surface area is 96.6 Å². The first-order valence-corrected chi connectivity index (χ1v) is 7.04. The predicted molar refractivity (Wildman–Crippen MR) is 65.0 cm³/mol. The molecule has 1 saturated heterocycles. The van der Waals surface area contributed by atoms with Crippen LogP contribution < -0.4 is 5.32 Å². The van der Waals surface area contributed by atoms with Gasteiger partial charge in [-0.1, -0.05) is 6.92 Å². The molecule has 1 N–H and O–H groups in total. The molecule has 0 spiro atoms. The zero-order valence-electron chi connectivity index (χ0n) is 9.71. The van der Waals surface area contributed by atoms with Crippen molar-refractivity contribution >= 4 is 17.7 Å². The molecule has 1 amide bonds. The molecule has 2 fully saturated rings. The smallest absolute Gasteiger partial charge is 0.236 e. The van der Waals surface area contributed by atoms with Crippen LogP contribution in [0.4, 0.5) is 0 Å². The maximum Gasteiger partial charge on any atom is 0.236 e. The SMILES string of the molecule is CC1CCC(NC(=O)C2(C)CCCS2)C1. The molecule has 0 aromatic heterocycles. The Bertz CT molecular complexity index is 248. The van der Waals surface area contributed by atoms with Gasteiger partial charge in [0.05, 0.1) is 4.75 Å². The van der Waals surface area contributed by atoms with E-state index < -0.39 is 0 Å². The third-order valence-electron chi connectivity index (χ3n) is 3.73. The second-order valence-corrected chi connectivity index (χ2v) is 6.87. The van der Waals surface area contributed by atoms with Gasteiger partial charge in [0, 0.05) is 6.04 Å². The van der Waals surface area contributed by atoms with Crippen LogP contribution in [0, 0.1) is 5.92 Å².